The zero-order valence-electron chi connectivity index (χ0n) is 10.0. The molecule has 6 heteroatoms. The highest BCUT2D eigenvalue weighted by Crippen LogP contribution is 2.41. The van der Waals surface area contributed by atoms with Gasteiger partial charge in [0.25, 0.3) is 0 Å². The maximum atomic E-state index is 5.98. The third kappa shape index (κ3) is 3.23. The van der Waals surface area contributed by atoms with Crippen LogP contribution in [0.15, 0.2) is 45.0 Å². The minimum atomic E-state index is 0.783. The molecule has 0 aliphatic carbocycles. The molecule has 0 saturated carbocycles. The summed E-state index contributed by atoms with van der Waals surface area (Å²) in [7, 11) is 0. The number of hydrogen-bond donors (Lipinski definition) is 2. The van der Waals surface area contributed by atoms with Crippen LogP contribution in [0.3, 0.4) is 0 Å². The Morgan fingerprint density at radius 1 is 1.26 bits per heavy atom. The second-order valence-electron chi connectivity index (χ2n) is 4.07. The summed E-state index contributed by atoms with van der Waals surface area (Å²) in [6.07, 6.45) is 0.976. The number of thiophene rings is 1. The van der Waals surface area contributed by atoms with Gasteiger partial charge < -0.3 is 10.6 Å². The van der Waals surface area contributed by atoms with Crippen molar-refractivity contribution < 1.29 is 0 Å². The number of fused-ring (bicyclic) bond motifs is 1. The highest BCUT2D eigenvalue weighted by atomic mass is 35.5. The first-order valence-corrected chi connectivity index (χ1v) is 7.87. The fourth-order valence-electron chi connectivity index (χ4n) is 1.78. The standard InChI is InChI=1S/C13H12ClN3S2/c14-11-8-10-12(18-11)19-17-13(16-10)15-7-6-9-4-2-1-3-5-9/h1-5,8H,6-7H2,(H2,15,16,17). The Morgan fingerprint density at radius 3 is 2.95 bits per heavy atom. The Labute approximate surface area is 125 Å². The van der Waals surface area contributed by atoms with Crippen LogP contribution in [0.25, 0.3) is 0 Å². The van der Waals surface area contributed by atoms with Crippen LogP contribution in [0.1, 0.15) is 5.56 Å². The first-order valence-electron chi connectivity index (χ1n) is 5.90. The van der Waals surface area contributed by atoms with Gasteiger partial charge in [-0.05, 0) is 18.1 Å². The molecule has 2 heterocycles. The van der Waals surface area contributed by atoms with Crippen LogP contribution in [0.4, 0.5) is 5.69 Å². The van der Waals surface area contributed by atoms with E-state index in [4.69, 9.17) is 11.6 Å². The zero-order valence-corrected chi connectivity index (χ0v) is 12.4. The molecule has 2 aromatic rings. The minimum absolute atomic E-state index is 0.783. The van der Waals surface area contributed by atoms with Gasteiger partial charge in [-0.1, -0.05) is 41.9 Å². The van der Waals surface area contributed by atoms with Crippen molar-refractivity contribution in [3.05, 3.63) is 46.3 Å². The molecule has 1 aliphatic rings. The molecule has 19 heavy (non-hydrogen) atoms. The van der Waals surface area contributed by atoms with Crippen molar-refractivity contribution in [1.82, 2.24) is 5.32 Å². The smallest absolute Gasteiger partial charge is 0.207 e. The molecule has 3 rings (SSSR count). The van der Waals surface area contributed by atoms with Gasteiger partial charge in [0.05, 0.1) is 10.0 Å². The summed E-state index contributed by atoms with van der Waals surface area (Å²) in [6, 6.07) is 12.3. The Morgan fingerprint density at radius 2 is 2.11 bits per heavy atom. The summed E-state index contributed by atoms with van der Waals surface area (Å²) in [4.78, 5) is 0. The minimum Gasteiger partial charge on any atom is -0.355 e. The molecule has 1 aromatic carbocycles. The molecule has 0 saturated heterocycles. The summed E-state index contributed by atoms with van der Waals surface area (Å²) in [6.45, 7) is 0.851. The SMILES string of the molecule is Clc1cc2c(s1)SN=C(NCCc1ccccc1)N2. The van der Waals surface area contributed by atoms with Crippen LogP contribution >= 0.6 is 34.9 Å². The predicted molar refractivity (Wildman–Crippen MR) is 84.4 cm³/mol. The van der Waals surface area contributed by atoms with Crippen molar-refractivity contribution in [2.24, 2.45) is 4.40 Å². The van der Waals surface area contributed by atoms with E-state index in [-0.39, 0.29) is 0 Å². The van der Waals surface area contributed by atoms with E-state index in [1.54, 1.807) is 11.3 Å². The lowest BCUT2D eigenvalue weighted by molar-refractivity contribution is 0.865. The van der Waals surface area contributed by atoms with E-state index in [1.165, 1.54) is 17.5 Å². The fraction of sp³-hybridized carbons (Fsp3) is 0.154. The topological polar surface area (TPSA) is 36.4 Å². The van der Waals surface area contributed by atoms with E-state index < -0.39 is 0 Å². The Bertz CT molecular complexity index is 595. The van der Waals surface area contributed by atoms with Gasteiger partial charge in [0.15, 0.2) is 0 Å². The number of halogens is 1. The molecule has 3 nitrogen and oxygen atoms in total. The number of rotatable bonds is 3. The molecule has 2 N–H and O–H groups in total. The van der Waals surface area contributed by atoms with Gasteiger partial charge in [0, 0.05) is 18.5 Å². The zero-order chi connectivity index (χ0) is 13.1. The maximum absolute atomic E-state index is 5.98. The third-order valence-electron chi connectivity index (χ3n) is 2.69. The van der Waals surface area contributed by atoms with E-state index in [0.29, 0.717) is 0 Å². The van der Waals surface area contributed by atoms with Gasteiger partial charge in [-0.3, -0.25) is 0 Å². The Balaban J connectivity index is 1.53. The Hall–Kier alpha value is -1.17. The van der Waals surface area contributed by atoms with E-state index >= 15 is 0 Å². The predicted octanol–water partition coefficient (Wildman–Crippen LogP) is 4.02. The quantitative estimate of drug-likeness (QED) is 0.841. The van der Waals surface area contributed by atoms with Crippen LogP contribution < -0.4 is 10.6 Å². The first-order chi connectivity index (χ1) is 9.31. The van der Waals surface area contributed by atoms with E-state index in [2.05, 4.69) is 39.3 Å². The number of benzene rings is 1. The van der Waals surface area contributed by atoms with Crippen molar-refractivity contribution in [2.45, 2.75) is 10.6 Å². The Kier molecular flexibility index (Phi) is 3.96. The van der Waals surface area contributed by atoms with Crippen molar-refractivity contribution in [1.29, 1.82) is 0 Å². The number of nitrogens with zero attached hydrogens (tertiary/aromatic N) is 1. The number of nitrogens with one attached hydrogen (secondary N) is 2. The maximum Gasteiger partial charge on any atom is 0.207 e. The second kappa shape index (κ2) is 5.86. The average Bonchev–Trinajstić information content (AvgIpc) is 2.79. The molecule has 0 unspecified atom stereocenters. The fourth-order valence-corrected chi connectivity index (χ4v) is 3.86. The lowest BCUT2D eigenvalue weighted by Gasteiger charge is -2.15. The molecular weight excluding hydrogens is 298 g/mol. The largest absolute Gasteiger partial charge is 0.355 e. The monoisotopic (exact) mass is 309 g/mol. The van der Waals surface area contributed by atoms with Crippen molar-refractivity contribution in [2.75, 3.05) is 11.9 Å². The van der Waals surface area contributed by atoms with Gasteiger partial charge >= 0.3 is 0 Å². The van der Waals surface area contributed by atoms with Gasteiger partial charge in [0.1, 0.15) is 4.21 Å². The normalized spacial score (nSPS) is 13.4. The van der Waals surface area contributed by atoms with Gasteiger partial charge in [-0.2, -0.15) is 4.40 Å². The van der Waals surface area contributed by atoms with Gasteiger partial charge in [-0.25, -0.2) is 0 Å². The summed E-state index contributed by atoms with van der Waals surface area (Å²) < 4.78 is 6.27. The van der Waals surface area contributed by atoms with Crippen LogP contribution in [0, 0.1) is 0 Å². The number of anilines is 1. The molecule has 1 aromatic heterocycles. The summed E-state index contributed by atoms with van der Waals surface area (Å²) in [5, 5.41) is 6.55. The third-order valence-corrected chi connectivity index (χ3v) is 4.88. The van der Waals surface area contributed by atoms with Crippen molar-refractivity contribution in [3.8, 4) is 0 Å². The number of guanidine groups is 1. The van der Waals surface area contributed by atoms with Crippen molar-refractivity contribution >= 4 is 46.5 Å². The van der Waals surface area contributed by atoms with Crippen LogP contribution in [-0.4, -0.2) is 12.5 Å². The lowest BCUT2D eigenvalue weighted by atomic mass is 10.1. The van der Waals surface area contributed by atoms with E-state index in [9.17, 15) is 0 Å². The molecule has 1 aliphatic heterocycles. The highest BCUT2D eigenvalue weighted by Gasteiger charge is 2.15. The summed E-state index contributed by atoms with van der Waals surface area (Å²) in [5.41, 5.74) is 2.36. The molecule has 0 spiro atoms. The summed E-state index contributed by atoms with van der Waals surface area (Å²) >= 11 is 8.98. The second-order valence-corrected chi connectivity index (χ2v) is 6.79. The molecule has 0 fully saturated rings. The molecular formula is C13H12ClN3S2. The molecule has 0 atom stereocenters. The van der Waals surface area contributed by atoms with Crippen molar-refractivity contribution in [3.63, 3.8) is 0 Å². The first kappa shape index (κ1) is 12.8. The highest BCUT2D eigenvalue weighted by molar-refractivity contribution is 8.00. The lowest BCUT2D eigenvalue weighted by Crippen LogP contribution is -2.32. The average molecular weight is 310 g/mol. The molecule has 98 valence electrons. The molecule has 0 amide bonds. The van der Waals surface area contributed by atoms with Crippen LogP contribution in [-0.2, 0) is 6.42 Å². The van der Waals surface area contributed by atoms with E-state index in [0.717, 1.165) is 33.2 Å². The van der Waals surface area contributed by atoms with Crippen LogP contribution in [0.5, 0.6) is 0 Å². The van der Waals surface area contributed by atoms with Crippen LogP contribution in [0.2, 0.25) is 4.34 Å². The number of hydrogen-bond acceptors (Lipinski definition) is 5. The molecule has 0 radical (unpaired) electrons. The summed E-state index contributed by atoms with van der Waals surface area (Å²) in [5.74, 6) is 0.794. The van der Waals surface area contributed by atoms with E-state index in [1.807, 2.05) is 12.1 Å². The molecule has 0 bridgehead atoms. The van der Waals surface area contributed by atoms with Gasteiger partial charge in [-0.15, -0.1) is 11.3 Å². The van der Waals surface area contributed by atoms with Gasteiger partial charge in [0.2, 0.25) is 5.96 Å².